The van der Waals surface area contributed by atoms with E-state index in [0.717, 1.165) is 32.1 Å². The summed E-state index contributed by atoms with van der Waals surface area (Å²) >= 11 is 0. The molecule has 4 fully saturated rings. The fourth-order valence-corrected chi connectivity index (χ4v) is 9.48. The van der Waals surface area contributed by atoms with E-state index in [4.69, 9.17) is 10.5 Å². The molecule has 4 aliphatic rings. The summed E-state index contributed by atoms with van der Waals surface area (Å²) < 4.78 is 5.03. The second-order valence-electron chi connectivity index (χ2n) is 12.1. The molecule has 31 heavy (non-hydrogen) atoms. The number of ether oxygens (including phenoxy) is 1. The first kappa shape index (κ1) is 23.4. The van der Waals surface area contributed by atoms with Gasteiger partial charge in [-0.25, -0.2) is 4.79 Å². The Hall–Kier alpha value is -0.810. The van der Waals surface area contributed by atoms with E-state index in [9.17, 15) is 15.0 Å². The quantitative estimate of drug-likeness (QED) is 0.582. The van der Waals surface area contributed by atoms with Crippen LogP contribution in [-0.4, -0.2) is 35.1 Å². The third kappa shape index (κ3) is 3.72. The maximum absolute atomic E-state index is 11.7. The summed E-state index contributed by atoms with van der Waals surface area (Å²) in [5, 5.41) is 22.2. The van der Waals surface area contributed by atoms with Crippen molar-refractivity contribution >= 4 is 6.09 Å². The smallest absolute Gasteiger partial charge is 0.404 e. The normalized spacial score (nSPS) is 50.1. The first-order valence-electron chi connectivity index (χ1n) is 12.9. The maximum atomic E-state index is 11.7. The van der Waals surface area contributed by atoms with E-state index in [1.165, 1.54) is 25.7 Å². The summed E-state index contributed by atoms with van der Waals surface area (Å²) in [6.07, 6.45) is 8.52. The molecule has 0 spiro atoms. The number of amides is 1. The van der Waals surface area contributed by atoms with E-state index in [2.05, 4.69) is 27.7 Å². The number of hydrogen-bond acceptors (Lipinski definition) is 4. The summed E-state index contributed by atoms with van der Waals surface area (Å²) in [6.45, 7) is 9.93. The number of primary amides is 1. The van der Waals surface area contributed by atoms with Gasteiger partial charge in [0, 0.05) is 0 Å². The van der Waals surface area contributed by atoms with Gasteiger partial charge in [0.15, 0.2) is 0 Å². The molecule has 0 aromatic heterocycles. The molecule has 0 saturated heterocycles. The van der Waals surface area contributed by atoms with Gasteiger partial charge in [-0.2, -0.15) is 0 Å². The Morgan fingerprint density at radius 3 is 2.42 bits per heavy atom. The summed E-state index contributed by atoms with van der Waals surface area (Å²) in [4.78, 5) is 11.0. The summed E-state index contributed by atoms with van der Waals surface area (Å²) in [5.74, 6) is 3.40. The predicted molar refractivity (Wildman–Crippen MR) is 121 cm³/mol. The van der Waals surface area contributed by atoms with E-state index in [0.29, 0.717) is 48.0 Å². The van der Waals surface area contributed by atoms with Crippen molar-refractivity contribution in [2.75, 3.05) is 6.61 Å². The van der Waals surface area contributed by atoms with Crippen LogP contribution in [0.25, 0.3) is 0 Å². The summed E-state index contributed by atoms with van der Waals surface area (Å²) in [5.41, 5.74) is 5.66. The van der Waals surface area contributed by atoms with E-state index < -0.39 is 6.09 Å². The Bertz CT molecular complexity index is 670. The van der Waals surface area contributed by atoms with Crippen LogP contribution in [0.15, 0.2) is 0 Å². The van der Waals surface area contributed by atoms with Crippen molar-refractivity contribution in [3.63, 3.8) is 0 Å². The lowest BCUT2D eigenvalue weighted by Crippen LogP contribution is -2.62. The van der Waals surface area contributed by atoms with Gasteiger partial charge < -0.3 is 20.7 Å². The molecule has 4 saturated carbocycles. The van der Waals surface area contributed by atoms with Crippen molar-refractivity contribution in [3.8, 4) is 0 Å². The van der Waals surface area contributed by atoms with Crippen molar-refractivity contribution in [2.45, 2.75) is 97.7 Å². The highest BCUT2D eigenvalue weighted by atomic mass is 16.5. The zero-order valence-corrected chi connectivity index (χ0v) is 20.1. The van der Waals surface area contributed by atoms with Crippen molar-refractivity contribution < 1.29 is 19.7 Å². The average molecular weight is 436 g/mol. The standard InChI is InChI=1S/C26H45NO4/c1-5-17-21-14-16(28)8-11-26(21,4)20-9-12-25(3)18(15(2)10-13-31-24(27)30)6-7-19(25)22(20)23(17)29/h15-23,28-29H,5-14H2,1-4H3,(H2,27,30)/t15-,16-,17-,18-,19+,20+,21?,22?,23-,25?,26?/m1/s1. The monoisotopic (exact) mass is 435 g/mol. The Morgan fingerprint density at radius 1 is 1.06 bits per heavy atom. The van der Waals surface area contributed by atoms with Gasteiger partial charge in [-0.05, 0) is 104 Å². The molecule has 4 unspecified atom stereocenters. The Morgan fingerprint density at radius 2 is 1.74 bits per heavy atom. The molecule has 5 nitrogen and oxygen atoms in total. The van der Waals surface area contributed by atoms with Crippen molar-refractivity contribution in [2.24, 2.45) is 58.0 Å². The molecule has 4 N–H and O–H groups in total. The van der Waals surface area contributed by atoms with Crippen molar-refractivity contribution in [1.29, 1.82) is 0 Å². The fourth-order valence-electron chi connectivity index (χ4n) is 9.48. The molecule has 178 valence electrons. The zero-order valence-electron chi connectivity index (χ0n) is 20.1. The zero-order chi connectivity index (χ0) is 22.6. The third-order valence-corrected chi connectivity index (χ3v) is 11.0. The number of hydrogen-bond donors (Lipinski definition) is 3. The Labute approximate surface area is 188 Å². The minimum Gasteiger partial charge on any atom is -0.450 e. The maximum Gasteiger partial charge on any atom is 0.404 e. The van der Waals surface area contributed by atoms with Crippen LogP contribution in [0.4, 0.5) is 4.79 Å². The molecular formula is C26H45NO4. The van der Waals surface area contributed by atoms with Gasteiger partial charge in [-0.3, -0.25) is 0 Å². The van der Waals surface area contributed by atoms with E-state index in [1.807, 2.05) is 0 Å². The van der Waals surface area contributed by atoms with Gasteiger partial charge in [-0.15, -0.1) is 0 Å². The van der Waals surface area contributed by atoms with Gasteiger partial charge in [-0.1, -0.05) is 34.1 Å². The number of nitrogens with two attached hydrogens (primary N) is 1. The van der Waals surface area contributed by atoms with Gasteiger partial charge >= 0.3 is 6.09 Å². The fraction of sp³-hybridized carbons (Fsp3) is 0.962. The molecule has 4 rings (SSSR count). The van der Waals surface area contributed by atoms with E-state index in [1.54, 1.807) is 0 Å². The highest BCUT2D eigenvalue weighted by Gasteiger charge is 2.64. The second-order valence-corrected chi connectivity index (χ2v) is 12.1. The van der Waals surface area contributed by atoms with Crippen LogP contribution in [0.5, 0.6) is 0 Å². The van der Waals surface area contributed by atoms with Crippen LogP contribution in [0, 0.1) is 52.3 Å². The minimum absolute atomic E-state index is 0.191. The first-order chi connectivity index (χ1) is 14.6. The van der Waals surface area contributed by atoms with Crippen LogP contribution >= 0.6 is 0 Å². The number of rotatable bonds is 5. The molecule has 0 aliphatic heterocycles. The van der Waals surface area contributed by atoms with Gasteiger partial charge in [0.1, 0.15) is 0 Å². The molecule has 4 aliphatic carbocycles. The van der Waals surface area contributed by atoms with E-state index >= 15 is 0 Å². The molecule has 0 aromatic carbocycles. The van der Waals surface area contributed by atoms with Crippen molar-refractivity contribution in [3.05, 3.63) is 0 Å². The molecule has 5 heteroatoms. The Kier molecular flexibility index (Phi) is 6.42. The summed E-state index contributed by atoms with van der Waals surface area (Å²) in [7, 11) is 0. The number of carbonyl (C=O) groups is 1. The topological polar surface area (TPSA) is 92.8 Å². The highest BCUT2D eigenvalue weighted by Crippen LogP contribution is 2.69. The highest BCUT2D eigenvalue weighted by molar-refractivity contribution is 5.64. The predicted octanol–water partition coefficient (Wildman–Crippen LogP) is 4.73. The molecule has 0 heterocycles. The van der Waals surface area contributed by atoms with Gasteiger partial charge in [0.05, 0.1) is 18.8 Å². The van der Waals surface area contributed by atoms with Gasteiger partial charge in [0.25, 0.3) is 0 Å². The molecule has 0 aromatic rings. The first-order valence-corrected chi connectivity index (χ1v) is 12.9. The van der Waals surface area contributed by atoms with Crippen LogP contribution in [0.2, 0.25) is 0 Å². The molecular weight excluding hydrogens is 390 g/mol. The minimum atomic E-state index is -0.681. The third-order valence-electron chi connectivity index (χ3n) is 11.0. The number of carbonyl (C=O) groups excluding carboxylic acids is 1. The largest absolute Gasteiger partial charge is 0.450 e. The number of aliphatic hydroxyl groups is 2. The van der Waals surface area contributed by atoms with Crippen molar-refractivity contribution in [1.82, 2.24) is 0 Å². The summed E-state index contributed by atoms with van der Waals surface area (Å²) in [6, 6.07) is 0. The van der Waals surface area contributed by atoms with Crippen LogP contribution in [0.3, 0.4) is 0 Å². The lowest BCUT2D eigenvalue weighted by Gasteiger charge is -2.64. The van der Waals surface area contributed by atoms with Gasteiger partial charge in [0.2, 0.25) is 0 Å². The Balaban J connectivity index is 1.57. The lowest BCUT2D eigenvalue weighted by molar-refractivity contribution is -0.203. The second kappa shape index (κ2) is 8.52. The number of fused-ring (bicyclic) bond motifs is 5. The van der Waals surface area contributed by atoms with E-state index in [-0.39, 0.29) is 23.0 Å². The molecule has 0 bridgehead atoms. The SMILES string of the molecule is CC[C@@H]1C2C[C@H](O)CCC2(C)[C@H]2CCC3(C)[C@@H]([C@H](C)CCOC(N)=O)CC[C@H]3C2[C@@H]1O. The average Bonchev–Trinajstić information content (AvgIpc) is 3.06. The lowest BCUT2D eigenvalue weighted by atomic mass is 9.41. The van der Waals surface area contributed by atoms with Crippen LogP contribution in [0.1, 0.15) is 85.5 Å². The molecule has 0 radical (unpaired) electrons. The van der Waals surface area contributed by atoms with Crippen LogP contribution < -0.4 is 5.73 Å². The molecule has 11 atom stereocenters. The van der Waals surface area contributed by atoms with Crippen LogP contribution in [-0.2, 0) is 4.74 Å². The number of aliphatic hydroxyl groups excluding tert-OH is 2. The molecule has 1 amide bonds.